The minimum Gasteiger partial charge on any atom is -0.395 e. The quantitative estimate of drug-likeness (QED) is 0.206. The van der Waals surface area contributed by atoms with Gasteiger partial charge in [0, 0.05) is 6.54 Å². The molecule has 0 radical (unpaired) electrons. The van der Waals surface area contributed by atoms with Crippen LogP contribution in [0.4, 0.5) is 0 Å². The highest BCUT2D eigenvalue weighted by molar-refractivity contribution is 4.24. The van der Waals surface area contributed by atoms with Gasteiger partial charge in [-0.05, 0) is 7.05 Å². The molecule has 0 saturated carbocycles. The molecule has 0 spiro atoms. The lowest BCUT2D eigenvalue weighted by Gasteiger charge is -1.84. The first-order valence-electron chi connectivity index (χ1n) is 2.25. The van der Waals surface area contributed by atoms with Crippen LogP contribution in [0.5, 0.6) is 0 Å². The molecule has 0 saturated heterocycles. The molecule has 8 heavy (non-hydrogen) atoms. The molecule has 0 aliphatic heterocycles. The van der Waals surface area contributed by atoms with E-state index in [2.05, 4.69) is 16.7 Å². The maximum Gasteiger partial charge on any atom is 0.0569 e. The summed E-state index contributed by atoms with van der Waals surface area (Å²) < 4.78 is 0. The van der Waals surface area contributed by atoms with Crippen LogP contribution in [0.15, 0.2) is 0 Å². The Kier molecular flexibility index (Phi) is 21.2. The first-order valence-corrected chi connectivity index (χ1v) is 2.25. The Bertz CT molecular complexity index is 25.2. The molecule has 0 fully saturated rings. The molecule has 0 atom stereocenters. The second-order valence-electron chi connectivity index (χ2n) is 0.966. The van der Waals surface area contributed by atoms with Crippen LogP contribution < -0.4 is 22.5 Å². The topological polar surface area (TPSA) is 96.3 Å². The van der Waals surface area contributed by atoms with E-state index < -0.39 is 0 Å². The SMILES string of the molecule is CNN.NNCCO. The standard InChI is InChI=1S/C2H8N2O.CH6N2/c3-4-1-2-5;1-3-2/h4-5H,1-3H2;3H,2H2,1H3. The summed E-state index contributed by atoms with van der Waals surface area (Å²) in [6.07, 6.45) is 0. The number of nitrogens with one attached hydrogen (secondary N) is 2. The highest BCUT2D eigenvalue weighted by Gasteiger charge is 1.66. The van der Waals surface area contributed by atoms with E-state index in [1.807, 2.05) is 0 Å². The largest absolute Gasteiger partial charge is 0.395 e. The summed E-state index contributed by atoms with van der Waals surface area (Å²) in [5.74, 6) is 9.33. The zero-order chi connectivity index (χ0) is 6.83. The first-order chi connectivity index (χ1) is 3.83. The zero-order valence-electron chi connectivity index (χ0n) is 5.02. The molecule has 0 amide bonds. The number of hydrazine groups is 2. The van der Waals surface area contributed by atoms with E-state index in [9.17, 15) is 0 Å². The Hall–Kier alpha value is -0.200. The molecule has 0 aliphatic carbocycles. The van der Waals surface area contributed by atoms with Gasteiger partial charge in [-0.25, -0.2) is 0 Å². The van der Waals surface area contributed by atoms with Crippen LogP contribution >= 0.6 is 0 Å². The average Bonchev–Trinajstić information content (AvgIpc) is 1.71. The first kappa shape index (κ1) is 10.7. The van der Waals surface area contributed by atoms with Crippen molar-refractivity contribution in [3.63, 3.8) is 0 Å². The predicted octanol–water partition coefficient (Wildman–Crippen LogP) is -2.48. The molecule has 7 N–H and O–H groups in total. The highest BCUT2D eigenvalue weighted by atomic mass is 16.3. The number of hydrogen-bond donors (Lipinski definition) is 5. The van der Waals surface area contributed by atoms with Gasteiger partial charge in [0.05, 0.1) is 6.61 Å². The van der Waals surface area contributed by atoms with Crippen molar-refractivity contribution in [1.82, 2.24) is 10.9 Å². The van der Waals surface area contributed by atoms with Gasteiger partial charge >= 0.3 is 0 Å². The van der Waals surface area contributed by atoms with Crippen molar-refractivity contribution in [2.75, 3.05) is 20.2 Å². The van der Waals surface area contributed by atoms with Gasteiger partial charge in [0.15, 0.2) is 0 Å². The van der Waals surface area contributed by atoms with Crippen molar-refractivity contribution in [1.29, 1.82) is 0 Å². The Morgan fingerprint density at radius 2 is 1.88 bits per heavy atom. The van der Waals surface area contributed by atoms with E-state index in [0.29, 0.717) is 6.54 Å². The Labute approximate surface area is 49.0 Å². The van der Waals surface area contributed by atoms with Crippen LogP contribution in [0.3, 0.4) is 0 Å². The summed E-state index contributed by atoms with van der Waals surface area (Å²) in [6, 6.07) is 0. The van der Waals surface area contributed by atoms with Gasteiger partial charge in [0.2, 0.25) is 0 Å². The molecule has 0 bridgehead atoms. The Morgan fingerprint density at radius 3 is 1.88 bits per heavy atom. The minimum atomic E-state index is 0.108. The van der Waals surface area contributed by atoms with Crippen LogP contribution in [-0.4, -0.2) is 25.3 Å². The van der Waals surface area contributed by atoms with Crippen molar-refractivity contribution in [2.24, 2.45) is 11.7 Å². The third-order valence-corrected chi connectivity index (χ3v) is 0.256. The van der Waals surface area contributed by atoms with Crippen LogP contribution in [0.25, 0.3) is 0 Å². The Morgan fingerprint density at radius 1 is 1.50 bits per heavy atom. The molecular formula is C3H14N4O. The smallest absolute Gasteiger partial charge is 0.0569 e. The fourth-order valence-corrected chi connectivity index (χ4v) is 0.0645. The number of aliphatic hydroxyl groups is 1. The summed E-state index contributed by atoms with van der Waals surface area (Å²) in [5, 5.41) is 7.92. The van der Waals surface area contributed by atoms with Gasteiger partial charge in [-0.2, -0.15) is 0 Å². The van der Waals surface area contributed by atoms with Gasteiger partial charge in [0.1, 0.15) is 0 Å². The third-order valence-electron chi connectivity index (χ3n) is 0.256. The van der Waals surface area contributed by atoms with Crippen LogP contribution in [0, 0.1) is 0 Å². The van der Waals surface area contributed by atoms with Crippen molar-refractivity contribution < 1.29 is 5.11 Å². The summed E-state index contributed by atoms with van der Waals surface area (Å²) in [5.41, 5.74) is 4.52. The maximum absolute atomic E-state index is 7.92. The normalized spacial score (nSPS) is 7.50. The summed E-state index contributed by atoms with van der Waals surface area (Å²) >= 11 is 0. The minimum absolute atomic E-state index is 0.108. The number of nitrogens with two attached hydrogens (primary N) is 2. The van der Waals surface area contributed by atoms with Gasteiger partial charge in [-0.1, -0.05) is 0 Å². The molecule has 52 valence electrons. The predicted molar refractivity (Wildman–Crippen MR) is 32.5 cm³/mol. The van der Waals surface area contributed by atoms with E-state index in [0.717, 1.165) is 0 Å². The van der Waals surface area contributed by atoms with E-state index >= 15 is 0 Å². The monoisotopic (exact) mass is 122 g/mol. The highest BCUT2D eigenvalue weighted by Crippen LogP contribution is 1.39. The zero-order valence-corrected chi connectivity index (χ0v) is 5.02. The molecule has 0 aliphatic rings. The van der Waals surface area contributed by atoms with E-state index in [1.54, 1.807) is 7.05 Å². The van der Waals surface area contributed by atoms with Crippen molar-refractivity contribution in [2.45, 2.75) is 0 Å². The van der Waals surface area contributed by atoms with E-state index in [4.69, 9.17) is 10.9 Å². The summed E-state index contributed by atoms with van der Waals surface area (Å²) in [6.45, 7) is 0.580. The second kappa shape index (κ2) is 15.8. The van der Waals surface area contributed by atoms with E-state index in [1.165, 1.54) is 0 Å². The Balaban J connectivity index is 0. The number of rotatable bonds is 2. The van der Waals surface area contributed by atoms with Crippen LogP contribution in [0.2, 0.25) is 0 Å². The number of aliphatic hydroxyl groups excluding tert-OH is 1. The molecule has 0 aromatic carbocycles. The molecule has 0 aromatic heterocycles. The summed E-state index contributed by atoms with van der Waals surface area (Å²) in [7, 11) is 1.65. The van der Waals surface area contributed by atoms with Crippen molar-refractivity contribution >= 4 is 0 Å². The third kappa shape index (κ3) is 41.2. The molecule has 0 heterocycles. The molecule has 0 unspecified atom stereocenters. The van der Waals surface area contributed by atoms with Gasteiger partial charge in [-0.3, -0.25) is 22.5 Å². The lowest BCUT2D eigenvalue weighted by molar-refractivity contribution is 0.293. The molecule has 5 heteroatoms. The van der Waals surface area contributed by atoms with Gasteiger partial charge < -0.3 is 5.11 Å². The van der Waals surface area contributed by atoms with Crippen LogP contribution in [-0.2, 0) is 0 Å². The lowest BCUT2D eigenvalue weighted by atomic mass is 10.7. The maximum atomic E-state index is 7.92. The van der Waals surface area contributed by atoms with Gasteiger partial charge in [0.25, 0.3) is 0 Å². The average molecular weight is 122 g/mol. The van der Waals surface area contributed by atoms with Crippen molar-refractivity contribution in [3.8, 4) is 0 Å². The second-order valence-corrected chi connectivity index (χ2v) is 0.966. The molecule has 5 nitrogen and oxygen atoms in total. The molecule has 0 rings (SSSR count). The van der Waals surface area contributed by atoms with Crippen LogP contribution in [0.1, 0.15) is 0 Å². The summed E-state index contributed by atoms with van der Waals surface area (Å²) in [4.78, 5) is 0. The van der Waals surface area contributed by atoms with E-state index in [-0.39, 0.29) is 6.61 Å². The number of hydrogen-bond acceptors (Lipinski definition) is 5. The fraction of sp³-hybridized carbons (Fsp3) is 1.00. The molecular weight excluding hydrogens is 108 g/mol. The van der Waals surface area contributed by atoms with Crippen molar-refractivity contribution in [3.05, 3.63) is 0 Å². The molecule has 0 aromatic rings. The fourth-order valence-electron chi connectivity index (χ4n) is 0.0645. The lowest BCUT2D eigenvalue weighted by Crippen LogP contribution is -2.24. The van der Waals surface area contributed by atoms with Gasteiger partial charge in [-0.15, -0.1) is 0 Å².